The standard InChI is InChI=1S/C6H10N4O2S/c1-7-5-10-9-4(13-5)2-3-8-6(11)12/h8H,2-3H2,1H3,(H,7,10)(H,11,12). The van der Waals surface area contributed by atoms with Crippen molar-refractivity contribution in [2.24, 2.45) is 0 Å². The summed E-state index contributed by atoms with van der Waals surface area (Å²) in [5.41, 5.74) is 0. The highest BCUT2D eigenvalue weighted by Crippen LogP contribution is 2.13. The normalized spacial score (nSPS) is 9.62. The van der Waals surface area contributed by atoms with Crippen LogP contribution in [-0.2, 0) is 6.42 Å². The van der Waals surface area contributed by atoms with Gasteiger partial charge in [-0.25, -0.2) is 4.79 Å². The van der Waals surface area contributed by atoms with Crippen LogP contribution in [0.25, 0.3) is 0 Å². The van der Waals surface area contributed by atoms with Crippen LogP contribution in [0.1, 0.15) is 5.01 Å². The van der Waals surface area contributed by atoms with Crippen LogP contribution in [-0.4, -0.2) is 35.0 Å². The Morgan fingerprint density at radius 3 is 2.92 bits per heavy atom. The maximum atomic E-state index is 10.1. The third kappa shape index (κ3) is 3.24. The lowest BCUT2D eigenvalue weighted by molar-refractivity contribution is 0.194. The maximum Gasteiger partial charge on any atom is 0.404 e. The molecule has 72 valence electrons. The molecule has 0 unspecified atom stereocenters. The van der Waals surface area contributed by atoms with Crippen LogP contribution in [0.4, 0.5) is 9.93 Å². The molecule has 0 fully saturated rings. The molecule has 1 amide bonds. The monoisotopic (exact) mass is 202 g/mol. The number of rotatable bonds is 4. The second-order valence-corrected chi connectivity index (χ2v) is 3.29. The van der Waals surface area contributed by atoms with Crippen molar-refractivity contribution in [3.8, 4) is 0 Å². The molecule has 0 aliphatic rings. The summed E-state index contributed by atoms with van der Waals surface area (Å²) in [7, 11) is 1.76. The van der Waals surface area contributed by atoms with Gasteiger partial charge in [0.05, 0.1) is 0 Å². The van der Waals surface area contributed by atoms with Crippen LogP contribution >= 0.6 is 11.3 Å². The van der Waals surface area contributed by atoms with E-state index in [1.807, 2.05) is 0 Å². The molecule has 0 aliphatic carbocycles. The lowest BCUT2D eigenvalue weighted by atomic mass is 10.4. The Bertz CT molecular complexity index is 288. The van der Waals surface area contributed by atoms with Crippen molar-refractivity contribution >= 4 is 22.6 Å². The topological polar surface area (TPSA) is 87.1 Å². The van der Waals surface area contributed by atoms with E-state index >= 15 is 0 Å². The molecule has 0 saturated heterocycles. The first-order valence-corrected chi connectivity index (χ1v) is 4.51. The molecule has 0 radical (unpaired) electrons. The van der Waals surface area contributed by atoms with Crippen LogP contribution in [0, 0.1) is 0 Å². The average molecular weight is 202 g/mol. The molecule has 1 aromatic heterocycles. The van der Waals surface area contributed by atoms with Crippen molar-refractivity contribution < 1.29 is 9.90 Å². The molecule has 13 heavy (non-hydrogen) atoms. The van der Waals surface area contributed by atoms with Gasteiger partial charge in [-0.15, -0.1) is 10.2 Å². The van der Waals surface area contributed by atoms with E-state index in [4.69, 9.17) is 5.11 Å². The smallest absolute Gasteiger partial charge is 0.404 e. The molecule has 1 heterocycles. The summed E-state index contributed by atoms with van der Waals surface area (Å²) in [6.45, 7) is 0.369. The molecule has 0 aliphatic heterocycles. The number of anilines is 1. The Kier molecular flexibility index (Phi) is 3.44. The minimum Gasteiger partial charge on any atom is -0.465 e. The third-order valence-electron chi connectivity index (χ3n) is 1.30. The highest BCUT2D eigenvalue weighted by Gasteiger charge is 2.02. The third-order valence-corrected chi connectivity index (χ3v) is 2.30. The fourth-order valence-corrected chi connectivity index (χ4v) is 1.42. The Morgan fingerprint density at radius 2 is 2.38 bits per heavy atom. The number of amides is 1. The van der Waals surface area contributed by atoms with Crippen LogP contribution < -0.4 is 10.6 Å². The predicted molar refractivity (Wildman–Crippen MR) is 49.2 cm³/mol. The number of nitrogens with zero attached hydrogens (tertiary/aromatic N) is 2. The quantitative estimate of drug-likeness (QED) is 0.657. The summed E-state index contributed by atoms with van der Waals surface area (Å²) in [5.74, 6) is 0. The van der Waals surface area contributed by atoms with Crippen LogP contribution in [0.15, 0.2) is 0 Å². The van der Waals surface area contributed by atoms with E-state index in [9.17, 15) is 4.79 Å². The second kappa shape index (κ2) is 4.61. The van der Waals surface area contributed by atoms with Gasteiger partial charge in [0, 0.05) is 20.0 Å². The van der Waals surface area contributed by atoms with E-state index in [0.29, 0.717) is 13.0 Å². The van der Waals surface area contributed by atoms with E-state index in [1.54, 1.807) is 7.05 Å². The van der Waals surface area contributed by atoms with E-state index in [0.717, 1.165) is 10.1 Å². The van der Waals surface area contributed by atoms with E-state index in [2.05, 4.69) is 20.8 Å². The lowest BCUT2D eigenvalue weighted by Crippen LogP contribution is -2.23. The van der Waals surface area contributed by atoms with Crippen molar-refractivity contribution in [2.75, 3.05) is 18.9 Å². The highest BCUT2D eigenvalue weighted by atomic mass is 32.1. The Hall–Kier alpha value is -1.37. The molecule has 1 aromatic rings. The molecule has 0 saturated carbocycles. The first kappa shape index (κ1) is 9.72. The Labute approximate surface area is 79.0 Å². The molecule has 0 spiro atoms. The van der Waals surface area contributed by atoms with Gasteiger partial charge in [-0.1, -0.05) is 11.3 Å². The Morgan fingerprint density at radius 1 is 1.62 bits per heavy atom. The van der Waals surface area contributed by atoms with Crippen molar-refractivity contribution in [1.82, 2.24) is 15.5 Å². The SMILES string of the molecule is CNc1nnc(CCNC(=O)O)s1. The van der Waals surface area contributed by atoms with Gasteiger partial charge in [-0.05, 0) is 0 Å². The molecule has 7 heteroatoms. The molecule has 0 atom stereocenters. The number of hydrogen-bond donors (Lipinski definition) is 3. The minimum absolute atomic E-state index is 0.369. The van der Waals surface area contributed by atoms with E-state index in [1.165, 1.54) is 11.3 Å². The van der Waals surface area contributed by atoms with Crippen LogP contribution in [0.2, 0.25) is 0 Å². The van der Waals surface area contributed by atoms with Gasteiger partial charge in [0.2, 0.25) is 5.13 Å². The van der Waals surface area contributed by atoms with Gasteiger partial charge < -0.3 is 15.7 Å². The molecular weight excluding hydrogens is 192 g/mol. The lowest BCUT2D eigenvalue weighted by Gasteiger charge is -1.95. The number of carboxylic acid groups (broad SMARTS) is 1. The summed E-state index contributed by atoms with van der Waals surface area (Å²) in [4.78, 5) is 10.1. The number of nitrogens with one attached hydrogen (secondary N) is 2. The fraction of sp³-hybridized carbons (Fsp3) is 0.500. The minimum atomic E-state index is -1.02. The second-order valence-electron chi connectivity index (χ2n) is 2.23. The molecule has 0 bridgehead atoms. The van der Waals surface area contributed by atoms with Crippen molar-refractivity contribution in [3.63, 3.8) is 0 Å². The largest absolute Gasteiger partial charge is 0.465 e. The molecule has 6 nitrogen and oxygen atoms in total. The predicted octanol–water partition coefficient (Wildman–Crippen LogP) is 0.390. The maximum absolute atomic E-state index is 10.1. The van der Waals surface area contributed by atoms with E-state index in [-0.39, 0.29) is 0 Å². The first-order valence-electron chi connectivity index (χ1n) is 3.69. The van der Waals surface area contributed by atoms with Gasteiger partial charge >= 0.3 is 6.09 Å². The zero-order valence-corrected chi connectivity index (χ0v) is 7.89. The summed E-state index contributed by atoms with van der Waals surface area (Å²) < 4.78 is 0. The average Bonchev–Trinajstić information content (AvgIpc) is 2.52. The summed E-state index contributed by atoms with van der Waals surface area (Å²) in [5, 5.41) is 22.6. The van der Waals surface area contributed by atoms with Gasteiger partial charge in [0.25, 0.3) is 0 Å². The number of hydrogen-bond acceptors (Lipinski definition) is 5. The number of carbonyl (C=O) groups is 1. The van der Waals surface area contributed by atoms with Gasteiger partial charge in [0.15, 0.2) is 0 Å². The summed E-state index contributed by atoms with van der Waals surface area (Å²) in [6, 6.07) is 0. The molecule has 3 N–H and O–H groups in total. The summed E-state index contributed by atoms with van der Waals surface area (Å²) in [6.07, 6.45) is -0.440. The molecule has 1 rings (SSSR count). The van der Waals surface area contributed by atoms with E-state index < -0.39 is 6.09 Å². The van der Waals surface area contributed by atoms with Crippen molar-refractivity contribution in [2.45, 2.75) is 6.42 Å². The first-order chi connectivity index (χ1) is 6.22. The van der Waals surface area contributed by atoms with Crippen molar-refractivity contribution in [3.05, 3.63) is 5.01 Å². The number of aromatic nitrogens is 2. The highest BCUT2D eigenvalue weighted by molar-refractivity contribution is 7.15. The van der Waals surface area contributed by atoms with Gasteiger partial charge in [0.1, 0.15) is 5.01 Å². The Balaban J connectivity index is 2.32. The van der Waals surface area contributed by atoms with Crippen molar-refractivity contribution in [1.29, 1.82) is 0 Å². The van der Waals surface area contributed by atoms with Crippen LogP contribution in [0.5, 0.6) is 0 Å². The molecule has 0 aromatic carbocycles. The van der Waals surface area contributed by atoms with Gasteiger partial charge in [-0.3, -0.25) is 0 Å². The molecular formula is C6H10N4O2S. The zero-order chi connectivity index (χ0) is 9.68. The zero-order valence-electron chi connectivity index (χ0n) is 7.07. The fourth-order valence-electron chi connectivity index (χ4n) is 0.732. The van der Waals surface area contributed by atoms with Crippen LogP contribution in [0.3, 0.4) is 0 Å². The summed E-state index contributed by atoms with van der Waals surface area (Å²) >= 11 is 1.42. The van der Waals surface area contributed by atoms with Gasteiger partial charge in [-0.2, -0.15) is 0 Å².